The molecule has 0 aromatic heterocycles. The molecule has 0 aliphatic rings. The van der Waals surface area contributed by atoms with Crippen molar-refractivity contribution in [1.82, 2.24) is 4.31 Å². The van der Waals surface area contributed by atoms with Crippen molar-refractivity contribution in [2.75, 3.05) is 31.6 Å². The lowest BCUT2D eigenvalue weighted by atomic mass is 10.2. The van der Waals surface area contributed by atoms with Crippen molar-refractivity contribution in [3.8, 4) is 11.5 Å². The Morgan fingerprint density at radius 2 is 1.62 bits per heavy atom. The van der Waals surface area contributed by atoms with Crippen LogP contribution in [0.5, 0.6) is 11.5 Å². The fourth-order valence-electron chi connectivity index (χ4n) is 2.84. The Bertz CT molecular complexity index is 940. The number of carbonyl (C=O) groups excluding carboxylic acids is 1. The van der Waals surface area contributed by atoms with Gasteiger partial charge in [-0.15, -0.1) is 0 Å². The van der Waals surface area contributed by atoms with Crippen LogP contribution >= 0.6 is 0 Å². The average molecular weight is 421 g/mol. The number of hydrogen-bond acceptors (Lipinski definition) is 5. The van der Waals surface area contributed by atoms with Gasteiger partial charge in [-0.1, -0.05) is 32.0 Å². The summed E-state index contributed by atoms with van der Waals surface area (Å²) < 4.78 is 38.1. The summed E-state index contributed by atoms with van der Waals surface area (Å²) in [7, 11) is -3.62. The summed E-state index contributed by atoms with van der Waals surface area (Å²) in [6.07, 6.45) is 0. The molecule has 158 valence electrons. The number of nitrogens with zero attached hydrogens (tertiary/aromatic N) is 1. The molecule has 2 aromatic carbocycles. The van der Waals surface area contributed by atoms with Crippen LogP contribution in [0, 0.1) is 6.92 Å². The van der Waals surface area contributed by atoms with Gasteiger partial charge in [0.2, 0.25) is 10.0 Å². The fourth-order valence-corrected chi connectivity index (χ4v) is 4.55. The van der Waals surface area contributed by atoms with Crippen molar-refractivity contribution in [1.29, 1.82) is 0 Å². The van der Waals surface area contributed by atoms with Crippen LogP contribution in [0.2, 0.25) is 0 Å². The summed E-state index contributed by atoms with van der Waals surface area (Å²) in [6, 6.07) is 11.9. The van der Waals surface area contributed by atoms with Gasteiger partial charge in [-0.2, -0.15) is 4.31 Å². The molecule has 0 aliphatic heterocycles. The smallest absolute Gasteiger partial charge is 0.262 e. The van der Waals surface area contributed by atoms with Crippen molar-refractivity contribution in [2.24, 2.45) is 0 Å². The van der Waals surface area contributed by atoms with Crippen LogP contribution in [-0.4, -0.2) is 44.9 Å². The third kappa shape index (κ3) is 5.71. The summed E-state index contributed by atoms with van der Waals surface area (Å²) in [6.45, 7) is 8.19. The van der Waals surface area contributed by atoms with Crippen molar-refractivity contribution in [2.45, 2.75) is 32.6 Å². The van der Waals surface area contributed by atoms with Gasteiger partial charge in [0.1, 0.15) is 0 Å². The Labute approximate surface area is 172 Å². The van der Waals surface area contributed by atoms with Crippen LogP contribution in [0.1, 0.15) is 26.3 Å². The molecule has 7 nitrogen and oxygen atoms in total. The number of hydrogen-bond donors (Lipinski definition) is 1. The second-order valence-electron chi connectivity index (χ2n) is 6.29. The van der Waals surface area contributed by atoms with Crippen LogP contribution in [0.15, 0.2) is 47.4 Å². The third-order valence-electron chi connectivity index (χ3n) is 4.30. The van der Waals surface area contributed by atoms with Gasteiger partial charge in [-0.05, 0) is 43.7 Å². The normalized spacial score (nSPS) is 11.3. The Morgan fingerprint density at radius 1 is 1.00 bits per heavy atom. The molecule has 1 amide bonds. The van der Waals surface area contributed by atoms with E-state index in [1.165, 1.54) is 10.4 Å². The first-order valence-corrected chi connectivity index (χ1v) is 11.0. The monoisotopic (exact) mass is 420 g/mol. The zero-order valence-corrected chi connectivity index (χ0v) is 18.1. The first-order valence-electron chi connectivity index (χ1n) is 9.58. The minimum atomic E-state index is -3.62. The highest BCUT2D eigenvalue weighted by molar-refractivity contribution is 7.89. The molecular formula is C21H28N2O5S. The first-order chi connectivity index (χ1) is 13.8. The molecule has 8 heteroatoms. The van der Waals surface area contributed by atoms with Crippen molar-refractivity contribution >= 4 is 21.6 Å². The summed E-state index contributed by atoms with van der Waals surface area (Å²) in [5.74, 6) is 0.635. The zero-order valence-electron chi connectivity index (χ0n) is 17.3. The molecule has 0 fully saturated rings. The van der Waals surface area contributed by atoms with E-state index in [9.17, 15) is 13.2 Å². The molecule has 0 unspecified atom stereocenters. The number of sulfonamides is 1. The summed E-state index contributed by atoms with van der Waals surface area (Å²) in [5.41, 5.74) is 1.02. The molecule has 2 rings (SSSR count). The Balaban J connectivity index is 2.12. The summed E-state index contributed by atoms with van der Waals surface area (Å²) in [4.78, 5) is 12.5. The number of ether oxygens (including phenoxy) is 2. The molecule has 0 spiro atoms. The minimum Gasteiger partial charge on any atom is -0.490 e. The van der Waals surface area contributed by atoms with Crippen molar-refractivity contribution < 1.29 is 22.7 Å². The fraction of sp³-hybridized carbons (Fsp3) is 0.381. The van der Waals surface area contributed by atoms with Gasteiger partial charge in [-0.3, -0.25) is 4.79 Å². The predicted octanol–water partition coefficient (Wildman–Crippen LogP) is 3.44. The molecule has 0 aliphatic carbocycles. The molecule has 1 N–H and O–H groups in total. The van der Waals surface area contributed by atoms with Crippen LogP contribution in [0.4, 0.5) is 5.69 Å². The molecule has 0 bridgehead atoms. The van der Waals surface area contributed by atoms with Gasteiger partial charge >= 0.3 is 0 Å². The lowest BCUT2D eigenvalue weighted by Gasteiger charge is -2.20. The highest BCUT2D eigenvalue weighted by atomic mass is 32.2. The number of para-hydroxylation sites is 2. The molecular weight excluding hydrogens is 392 g/mol. The van der Waals surface area contributed by atoms with E-state index in [-0.39, 0.29) is 11.5 Å². The van der Waals surface area contributed by atoms with E-state index in [4.69, 9.17) is 9.47 Å². The van der Waals surface area contributed by atoms with Crippen LogP contribution in [-0.2, 0) is 14.8 Å². The van der Waals surface area contributed by atoms with Gasteiger partial charge < -0.3 is 14.8 Å². The largest absolute Gasteiger partial charge is 0.490 e. The third-order valence-corrected chi connectivity index (χ3v) is 6.49. The van der Waals surface area contributed by atoms with Crippen LogP contribution < -0.4 is 14.8 Å². The highest BCUT2D eigenvalue weighted by Gasteiger charge is 2.24. The molecule has 0 atom stereocenters. The number of carbonyl (C=O) groups is 1. The van der Waals surface area contributed by atoms with Gasteiger partial charge in [0.25, 0.3) is 5.91 Å². The standard InChI is InChI=1S/C21H28N2O5S/c1-5-23(6-2)29(25,26)20-14-17(13-12-16(20)4)22-21(24)15-28-19-11-9-8-10-18(19)27-7-3/h8-14H,5-7,15H2,1-4H3,(H,22,24). The maximum absolute atomic E-state index is 12.8. The molecule has 0 saturated heterocycles. The van der Waals surface area contributed by atoms with Crippen molar-refractivity contribution in [3.05, 3.63) is 48.0 Å². The number of anilines is 1. The molecule has 0 heterocycles. The lowest BCUT2D eigenvalue weighted by molar-refractivity contribution is -0.118. The number of aryl methyl sites for hydroxylation is 1. The van der Waals surface area contributed by atoms with Gasteiger partial charge in [-0.25, -0.2) is 8.42 Å². The summed E-state index contributed by atoms with van der Waals surface area (Å²) >= 11 is 0. The van der Waals surface area contributed by atoms with E-state index < -0.39 is 15.9 Å². The SMILES string of the molecule is CCOc1ccccc1OCC(=O)Nc1ccc(C)c(S(=O)(=O)N(CC)CC)c1. The Kier molecular flexibility index (Phi) is 8.04. The van der Waals surface area contributed by atoms with Gasteiger partial charge in [0.05, 0.1) is 11.5 Å². The minimum absolute atomic E-state index is 0.182. The molecule has 0 radical (unpaired) electrons. The van der Waals surface area contributed by atoms with E-state index in [0.29, 0.717) is 42.4 Å². The number of benzene rings is 2. The maximum Gasteiger partial charge on any atom is 0.262 e. The van der Waals surface area contributed by atoms with E-state index in [0.717, 1.165) is 0 Å². The quantitative estimate of drug-likeness (QED) is 0.636. The Hall–Kier alpha value is -2.58. The van der Waals surface area contributed by atoms with Gasteiger partial charge in [0, 0.05) is 18.8 Å². The second-order valence-corrected chi connectivity index (χ2v) is 8.19. The molecule has 2 aromatic rings. The van der Waals surface area contributed by atoms with E-state index in [2.05, 4.69) is 5.32 Å². The second kappa shape index (κ2) is 10.3. The summed E-state index contributed by atoms with van der Waals surface area (Å²) in [5, 5.41) is 2.69. The first kappa shape index (κ1) is 22.7. The topological polar surface area (TPSA) is 84.9 Å². The van der Waals surface area contributed by atoms with Gasteiger partial charge in [0.15, 0.2) is 18.1 Å². The maximum atomic E-state index is 12.8. The number of amides is 1. The van der Waals surface area contributed by atoms with E-state index >= 15 is 0 Å². The highest BCUT2D eigenvalue weighted by Crippen LogP contribution is 2.27. The molecule has 29 heavy (non-hydrogen) atoms. The predicted molar refractivity (Wildman–Crippen MR) is 113 cm³/mol. The lowest BCUT2D eigenvalue weighted by Crippen LogP contribution is -2.31. The number of nitrogens with one attached hydrogen (secondary N) is 1. The molecule has 0 saturated carbocycles. The van der Waals surface area contributed by atoms with E-state index in [1.807, 2.05) is 13.0 Å². The number of rotatable bonds is 10. The van der Waals surface area contributed by atoms with Crippen LogP contribution in [0.25, 0.3) is 0 Å². The zero-order chi connectivity index (χ0) is 21.4. The Morgan fingerprint density at radius 3 is 2.21 bits per heavy atom. The van der Waals surface area contributed by atoms with E-state index in [1.54, 1.807) is 51.1 Å². The van der Waals surface area contributed by atoms with Crippen molar-refractivity contribution in [3.63, 3.8) is 0 Å². The average Bonchev–Trinajstić information content (AvgIpc) is 2.69. The van der Waals surface area contributed by atoms with Crippen LogP contribution in [0.3, 0.4) is 0 Å².